The van der Waals surface area contributed by atoms with E-state index < -0.39 is 0 Å². The number of hydrogen-bond donors (Lipinski definition) is 2. The molecule has 2 aromatic carbocycles. The van der Waals surface area contributed by atoms with Crippen LogP contribution in [-0.4, -0.2) is 57.2 Å². The van der Waals surface area contributed by atoms with Gasteiger partial charge in [-0.05, 0) is 18.1 Å². The van der Waals surface area contributed by atoms with Gasteiger partial charge in [0.25, 0.3) is 0 Å². The molecule has 4 aromatic rings. The van der Waals surface area contributed by atoms with Gasteiger partial charge in [-0.25, -0.2) is 4.98 Å². The van der Waals surface area contributed by atoms with Crippen LogP contribution < -0.4 is 10.2 Å². The molecule has 2 N–H and O–H groups in total. The number of aromatic nitrogens is 4. The molecule has 184 valence electrons. The zero-order valence-electron chi connectivity index (χ0n) is 20.7. The molecule has 2 aromatic heterocycles. The van der Waals surface area contributed by atoms with Crippen LogP contribution in [0.2, 0.25) is 0 Å². The Kier molecular flexibility index (Phi) is 7.04. The lowest BCUT2D eigenvalue weighted by Gasteiger charge is -2.40. The first-order chi connectivity index (χ1) is 17.6. The minimum atomic E-state index is -0.0353. The molecule has 3 heterocycles. The predicted molar refractivity (Wildman–Crippen MR) is 140 cm³/mol. The van der Waals surface area contributed by atoms with Crippen molar-refractivity contribution in [3.63, 3.8) is 0 Å². The van der Waals surface area contributed by atoms with Gasteiger partial charge in [0.1, 0.15) is 5.69 Å². The quantitative estimate of drug-likeness (QED) is 0.418. The molecule has 0 radical (unpaired) electrons. The number of nitrogens with zero attached hydrogens (tertiary/aromatic N) is 5. The molecule has 1 amide bonds. The van der Waals surface area contributed by atoms with Crippen LogP contribution in [0.3, 0.4) is 0 Å². The number of aryl methyl sites for hydroxylation is 1. The van der Waals surface area contributed by atoms with Crippen molar-refractivity contribution in [2.45, 2.75) is 26.4 Å². The first-order valence-corrected chi connectivity index (χ1v) is 12.3. The molecule has 5 rings (SSSR count). The number of rotatable bonds is 7. The van der Waals surface area contributed by atoms with E-state index in [2.05, 4.69) is 67.6 Å². The molecule has 1 atom stereocenters. The van der Waals surface area contributed by atoms with Crippen molar-refractivity contribution in [2.24, 2.45) is 0 Å². The van der Waals surface area contributed by atoms with Gasteiger partial charge in [0.05, 0.1) is 12.2 Å². The Labute approximate surface area is 211 Å². The number of nitrogens with one attached hydrogen (secondary N) is 2. The Morgan fingerprint density at radius 2 is 1.72 bits per heavy atom. The van der Waals surface area contributed by atoms with E-state index in [9.17, 15) is 4.79 Å². The maximum absolute atomic E-state index is 11.2. The average Bonchev–Trinajstić information content (AvgIpc) is 3.34. The molecule has 1 fully saturated rings. The second-order valence-corrected chi connectivity index (χ2v) is 9.12. The molecular formula is C28H31N7O. The van der Waals surface area contributed by atoms with Crippen LogP contribution in [0.25, 0.3) is 11.3 Å². The summed E-state index contributed by atoms with van der Waals surface area (Å²) in [5, 5.41) is 10.2. The average molecular weight is 482 g/mol. The Bertz CT molecular complexity index is 1290. The third kappa shape index (κ3) is 5.13. The smallest absolute Gasteiger partial charge is 0.217 e. The summed E-state index contributed by atoms with van der Waals surface area (Å²) < 4.78 is 0. The number of anilines is 1. The van der Waals surface area contributed by atoms with Crippen molar-refractivity contribution in [3.8, 4) is 11.3 Å². The van der Waals surface area contributed by atoms with Crippen molar-refractivity contribution in [3.05, 3.63) is 95.6 Å². The summed E-state index contributed by atoms with van der Waals surface area (Å²) in [5.41, 5.74) is 6.54. The van der Waals surface area contributed by atoms with Crippen LogP contribution >= 0.6 is 0 Å². The first-order valence-electron chi connectivity index (χ1n) is 12.3. The second kappa shape index (κ2) is 10.7. The summed E-state index contributed by atoms with van der Waals surface area (Å²) in [4.78, 5) is 25.5. The molecular weight excluding hydrogens is 450 g/mol. The fraction of sp³-hybridized carbons (Fsp3) is 0.286. The maximum atomic E-state index is 11.2. The van der Waals surface area contributed by atoms with Gasteiger partial charge in [0, 0.05) is 68.9 Å². The third-order valence-corrected chi connectivity index (χ3v) is 6.71. The summed E-state index contributed by atoms with van der Waals surface area (Å²) in [6.45, 7) is 7.63. The summed E-state index contributed by atoms with van der Waals surface area (Å²) in [7, 11) is 0. The standard InChI is InChI=1S/C28H31N7O/c1-20-25(19-32-33-20)27(24-6-4-3-5-7-24)34-14-16-35(17-15-34)28-26(29-12-13-30-28)23-10-8-22(9-11-23)18-31-21(2)36/h3-13,19,27H,14-18H2,1-2H3,(H,31,36)(H,32,33). The van der Waals surface area contributed by atoms with E-state index in [0.29, 0.717) is 6.54 Å². The SMILES string of the molecule is CC(=O)NCc1ccc(-c2nccnc2N2CCN(C(c3ccccc3)c3cn[nH]c3C)CC2)cc1. The fourth-order valence-electron chi connectivity index (χ4n) is 4.82. The number of H-pyrrole nitrogens is 1. The Balaban J connectivity index is 1.34. The molecule has 0 saturated carbocycles. The van der Waals surface area contributed by atoms with E-state index in [0.717, 1.165) is 54.5 Å². The monoisotopic (exact) mass is 481 g/mol. The highest BCUT2D eigenvalue weighted by Gasteiger charge is 2.29. The van der Waals surface area contributed by atoms with E-state index >= 15 is 0 Å². The largest absolute Gasteiger partial charge is 0.352 e. The van der Waals surface area contributed by atoms with E-state index in [1.165, 1.54) is 18.1 Å². The van der Waals surface area contributed by atoms with Gasteiger partial charge in [0.2, 0.25) is 5.91 Å². The normalized spacial score (nSPS) is 15.0. The molecule has 8 nitrogen and oxygen atoms in total. The Morgan fingerprint density at radius 3 is 2.39 bits per heavy atom. The second-order valence-electron chi connectivity index (χ2n) is 9.12. The minimum Gasteiger partial charge on any atom is -0.352 e. The number of amides is 1. The van der Waals surface area contributed by atoms with Crippen LogP contribution in [0, 0.1) is 6.92 Å². The highest BCUT2D eigenvalue weighted by molar-refractivity contribution is 5.73. The lowest BCUT2D eigenvalue weighted by Crippen LogP contribution is -2.48. The molecule has 0 spiro atoms. The number of carbonyl (C=O) groups is 1. The van der Waals surface area contributed by atoms with E-state index in [4.69, 9.17) is 4.98 Å². The molecule has 36 heavy (non-hydrogen) atoms. The third-order valence-electron chi connectivity index (χ3n) is 6.71. The van der Waals surface area contributed by atoms with Gasteiger partial charge in [-0.1, -0.05) is 54.6 Å². The lowest BCUT2D eigenvalue weighted by molar-refractivity contribution is -0.119. The van der Waals surface area contributed by atoms with E-state index in [1.807, 2.05) is 30.5 Å². The molecule has 1 saturated heterocycles. The zero-order chi connectivity index (χ0) is 24.9. The van der Waals surface area contributed by atoms with Crippen LogP contribution in [0.4, 0.5) is 5.82 Å². The van der Waals surface area contributed by atoms with Gasteiger partial charge in [-0.15, -0.1) is 0 Å². The molecule has 1 aliphatic rings. The van der Waals surface area contributed by atoms with Crippen molar-refractivity contribution in [2.75, 3.05) is 31.1 Å². The van der Waals surface area contributed by atoms with Gasteiger partial charge in [0.15, 0.2) is 5.82 Å². The van der Waals surface area contributed by atoms with Crippen LogP contribution in [-0.2, 0) is 11.3 Å². The van der Waals surface area contributed by atoms with Crippen molar-refractivity contribution >= 4 is 11.7 Å². The van der Waals surface area contributed by atoms with Gasteiger partial charge >= 0.3 is 0 Å². The highest BCUT2D eigenvalue weighted by Crippen LogP contribution is 2.33. The number of benzene rings is 2. The molecule has 0 aliphatic carbocycles. The van der Waals surface area contributed by atoms with Crippen molar-refractivity contribution in [1.82, 2.24) is 30.4 Å². The first kappa shape index (κ1) is 23.7. The summed E-state index contributed by atoms with van der Waals surface area (Å²) in [6.07, 6.45) is 5.46. The minimum absolute atomic E-state index is 0.0353. The molecule has 1 unspecified atom stereocenters. The lowest BCUT2D eigenvalue weighted by atomic mass is 9.97. The highest BCUT2D eigenvalue weighted by atomic mass is 16.1. The number of carbonyl (C=O) groups excluding carboxylic acids is 1. The predicted octanol–water partition coefficient (Wildman–Crippen LogP) is 3.72. The number of piperazine rings is 1. The van der Waals surface area contributed by atoms with Crippen LogP contribution in [0.1, 0.15) is 35.3 Å². The summed E-state index contributed by atoms with van der Waals surface area (Å²) in [5.74, 6) is 0.870. The fourth-order valence-corrected chi connectivity index (χ4v) is 4.82. The molecule has 0 bridgehead atoms. The van der Waals surface area contributed by atoms with E-state index in [1.54, 1.807) is 12.4 Å². The van der Waals surface area contributed by atoms with Crippen LogP contribution in [0.15, 0.2) is 73.2 Å². The Morgan fingerprint density at radius 1 is 1.00 bits per heavy atom. The van der Waals surface area contributed by atoms with Crippen molar-refractivity contribution in [1.29, 1.82) is 0 Å². The topological polar surface area (TPSA) is 90.0 Å². The molecule has 8 heteroatoms. The van der Waals surface area contributed by atoms with Gasteiger partial charge in [-0.2, -0.15) is 5.10 Å². The number of hydrogen-bond acceptors (Lipinski definition) is 6. The number of aromatic amines is 1. The zero-order valence-corrected chi connectivity index (χ0v) is 20.7. The van der Waals surface area contributed by atoms with E-state index in [-0.39, 0.29) is 11.9 Å². The summed E-state index contributed by atoms with van der Waals surface area (Å²) >= 11 is 0. The molecule has 1 aliphatic heterocycles. The van der Waals surface area contributed by atoms with Crippen molar-refractivity contribution < 1.29 is 4.79 Å². The van der Waals surface area contributed by atoms with Gasteiger partial charge in [-0.3, -0.25) is 19.8 Å². The maximum Gasteiger partial charge on any atom is 0.217 e. The Hall–Kier alpha value is -4.04. The van der Waals surface area contributed by atoms with Crippen LogP contribution in [0.5, 0.6) is 0 Å². The van der Waals surface area contributed by atoms with Gasteiger partial charge < -0.3 is 10.2 Å². The summed E-state index contributed by atoms with van der Waals surface area (Å²) in [6, 6.07) is 19.0.